The van der Waals surface area contributed by atoms with Gasteiger partial charge in [-0.3, -0.25) is 4.79 Å². The Bertz CT molecular complexity index is 804. The van der Waals surface area contributed by atoms with Crippen molar-refractivity contribution >= 4 is 11.5 Å². The molecule has 1 aliphatic rings. The number of fused-ring (bicyclic) bond motifs is 1. The molecule has 0 fully saturated rings. The van der Waals surface area contributed by atoms with Crippen molar-refractivity contribution in [2.45, 2.75) is 39.3 Å². The third kappa shape index (κ3) is 4.59. The predicted molar refractivity (Wildman–Crippen MR) is 102 cm³/mol. The predicted octanol–water partition coefficient (Wildman–Crippen LogP) is 3.39. The van der Waals surface area contributed by atoms with E-state index in [0.29, 0.717) is 30.3 Å². The first-order valence-corrected chi connectivity index (χ1v) is 9.01. The lowest BCUT2D eigenvalue weighted by atomic mass is 10.0. The molecule has 0 spiro atoms. The zero-order valence-electron chi connectivity index (χ0n) is 15.8. The lowest BCUT2D eigenvalue weighted by molar-refractivity contribution is -0.0677. The molecule has 3 rings (SSSR count). The van der Waals surface area contributed by atoms with Crippen molar-refractivity contribution < 1.29 is 24.1 Å². The molecular formula is C21H25NO5. The van der Waals surface area contributed by atoms with E-state index in [1.54, 1.807) is 19.1 Å². The van der Waals surface area contributed by atoms with Gasteiger partial charge in [-0.1, -0.05) is 30.3 Å². The average molecular weight is 371 g/mol. The van der Waals surface area contributed by atoms with E-state index < -0.39 is 17.7 Å². The molecule has 6 nitrogen and oxygen atoms in total. The molecule has 2 aromatic carbocycles. The van der Waals surface area contributed by atoms with Crippen molar-refractivity contribution in [2.75, 3.05) is 18.5 Å². The van der Waals surface area contributed by atoms with Crippen molar-refractivity contribution in [3.63, 3.8) is 0 Å². The molecule has 0 bridgehead atoms. The molecule has 27 heavy (non-hydrogen) atoms. The summed E-state index contributed by atoms with van der Waals surface area (Å²) in [5.41, 5.74) is 1.43. The molecule has 0 saturated heterocycles. The van der Waals surface area contributed by atoms with Crippen LogP contribution in [-0.2, 0) is 11.3 Å². The maximum Gasteiger partial charge on any atom is 0.222 e. The third-order valence-electron chi connectivity index (χ3n) is 4.21. The number of rotatable bonds is 7. The normalized spacial score (nSPS) is 15.9. The van der Waals surface area contributed by atoms with Crippen LogP contribution in [0.5, 0.6) is 11.5 Å². The number of carbonyl (C=O) groups is 1. The Balaban J connectivity index is 1.92. The number of ketones is 1. The molecule has 1 heterocycles. The Morgan fingerprint density at radius 2 is 2.04 bits per heavy atom. The van der Waals surface area contributed by atoms with E-state index in [1.807, 2.05) is 44.2 Å². The van der Waals surface area contributed by atoms with E-state index in [9.17, 15) is 9.90 Å². The molecule has 0 radical (unpaired) electrons. The summed E-state index contributed by atoms with van der Waals surface area (Å²) in [7, 11) is 0. The number of aliphatic hydroxyl groups excluding tert-OH is 1. The Hall–Kier alpha value is -2.57. The van der Waals surface area contributed by atoms with E-state index in [4.69, 9.17) is 14.2 Å². The van der Waals surface area contributed by atoms with Gasteiger partial charge in [-0.2, -0.15) is 0 Å². The number of nitrogens with one attached hydrogen (secondary N) is 1. The van der Waals surface area contributed by atoms with Crippen LogP contribution in [0.15, 0.2) is 42.5 Å². The van der Waals surface area contributed by atoms with E-state index in [0.717, 1.165) is 5.56 Å². The van der Waals surface area contributed by atoms with Gasteiger partial charge in [0.1, 0.15) is 18.0 Å². The van der Waals surface area contributed by atoms with Crippen LogP contribution in [0.1, 0.15) is 36.7 Å². The van der Waals surface area contributed by atoms with Crippen molar-refractivity contribution in [1.82, 2.24) is 0 Å². The largest absolute Gasteiger partial charge is 0.489 e. The Morgan fingerprint density at radius 3 is 2.74 bits per heavy atom. The van der Waals surface area contributed by atoms with Gasteiger partial charge in [0.2, 0.25) is 12.1 Å². The highest BCUT2D eigenvalue weighted by molar-refractivity contribution is 6.03. The fourth-order valence-electron chi connectivity index (χ4n) is 2.84. The summed E-state index contributed by atoms with van der Waals surface area (Å²) >= 11 is 0. The van der Waals surface area contributed by atoms with Gasteiger partial charge in [0.05, 0.1) is 17.8 Å². The zero-order chi connectivity index (χ0) is 19.4. The number of hydrogen-bond donors (Lipinski definition) is 2. The minimum atomic E-state index is -1.54. The summed E-state index contributed by atoms with van der Waals surface area (Å²) in [5, 5.41) is 13.3. The minimum Gasteiger partial charge on any atom is -0.489 e. The fourth-order valence-corrected chi connectivity index (χ4v) is 2.84. The molecule has 1 aliphatic heterocycles. The molecule has 0 aliphatic carbocycles. The Labute approximate surface area is 159 Å². The monoisotopic (exact) mass is 371 g/mol. The van der Waals surface area contributed by atoms with E-state index in [1.165, 1.54) is 0 Å². The SMILES string of the molecule is CCOC(O)C(=O)c1cc(OCc2ccccc2)cc2c1OC(C)(C)CN2. The number of benzene rings is 2. The van der Waals surface area contributed by atoms with Gasteiger partial charge in [0.15, 0.2) is 5.75 Å². The Morgan fingerprint density at radius 1 is 1.30 bits per heavy atom. The zero-order valence-corrected chi connectivity index (χ0v) is 15.8. The number of carbonyl (C=O) groups excluding carboxylic acids is 1. The summed E-state index contributed by atoms with van der Waals surface area (Å²) in [4.78, 5) is 12.7. The highest BCUT2D eigenvalue weighted by atomic mass is 16.6. The topological polar surface area (TPSA) is 77.0 Å². The van der Waals surface area contributed by atoms with Crippen molar-refractivity contribution in [3.05, 3.63) is 53.6 Å². The fraction of sp³-hybridized carbons (Fsp3) is 0.381. The van der Waals surface area contributed by atoms with Gasteiger partial charge < -0.3 is 24.6 Å². The number of ether oxygens (including phenoxy) is 3. The smallest absolute Gasteiger partial charge is 0.222 e. The van der Waals surface area contributed by atoms with Gasteiger partial charge in [-0.15, -0.1) is 0 Å². The number of anilines is 1. The summed E-state index contributed by atoms with van der Waals surface area (Å²) in [6, 6.07) is 13.2. The first-order chi connectivity index (χ1) is 12.9. The first kappa shape index (κ1) is 19.2. The van der Waals surface area contributed by atoms with Crippen LogP contribution < -0.4 is 14.8 Å². The van der Waals surface area contributed by atoms with Gasteiger partial charge >= 0.3 is 0 Å². The maximum atomic E-state index is 12.7. The van der Waals surface area contributed by atoms with Crippen molar-refractivity contribution in [2.24, 2.45) is 0 Å². The number of hydrogen-bond acceptors (Lipinski definition) is 6. The van der Waals surface area contributed by atoms with Crippen LogP contribution in [0.4, 0.5) is 5.69 Å². The quantitative estimate of drug-likeness (QED) is 0.574. The molecule has 144 valence electrons. The van der Waals surface area contributed by atoms with Crippen LogP contribution in [0, 0.1) is 0 Å². The van der Waals surface area contributed by atoms with Gasteiger partial charge in [-0.25, -0.2) is 0 Å². The third-order valence-corrected chi connectivity index (χ3v) is 4.21. The van der Waals surface area contributed by atoms with Gasteiger partial charge in [0, 0.05) is 12.7 Å². The van der Waals surface area contributed by atoms with Crippen LogP contribution >= 0.6 is 0 Å². The van der Waals surface area contributed by atoms with Crippen LogP contribution in [-0.4, -0.2) is 35.9 Å². The lowest BCUT2D eigenvalue weighted by Crippen LogP contribution is -2.41. The molecule has 2 N–H and O–H groups in total. The van der Waals surface area contributed by atoms with Crippen molar-refractivity contribution in [3.8, 4) is 11.5 Å². The van der Waals surface area contributed by atoms with Crippen LogP contribution in [0.3, 0.4) is 0 Å². The number of aliphatic hydroxyl groups is 1. The highest BCUT2D eigenvalue weighted by Crippen LogP contribution is 2.40. The molecule has 2 aromatic rings. The molecule has 1 unspecified atom stereocenters. The molecule has 0 saturated carbocycles. The standard InChI is InChI=1S/C21H25NO5/c1-4-25-20(24)18(23)16-10-15(26-12-14-8-6-5-7-9-14)11-17-19(16)27-21(2,3)13-22-17/h5-11,20,22,24H,4,12-13H2,1-3H3. The van der Waals surface area contributed by atoms with E-state index in [-0.39, 0.29) is 12.2 Å². The molecule has 0 amide bonds. The maximum absolute atomic E-state index is 12.7. The summed E-state index contributed by atoms with van der Waals surface area (Å²) in [6.07, 6.45) is -1.54. The van der Waals surface area contributed by atoms with Gasteiger partial charge in [-0.05, 0) is 32.4 Å². The second-order valence-corrected chi connectivity index (χ2v) is 7.01. The van der Waals surface area contributed by atoms with Crippen LogP contribution in [0.25, 0.3) is 0 Å². The minimum absolute atomic E-state index is 0.226. The molecule has 6 heteroatoms. The van der Waals surface area contributed by atoms with E-state index in [2.05, 4.69) is 5.32 Å². The summed E-state index contributed by atoms with van der Waals surface area (Å²) in [5.74, 6) is 0.361. The molecular weight excluding hydrogens is 346 g/mol. The average Bonchev–Trinajstić information content (AvgIpc) is 2.66. The highest BCUT2D eigenvalue weighted by Gasteiger charge is 2.32. The van der Waals surface area contributed by atoms with E-state index >= 15 is 0 Å². The Kier molecular flexibility index (Phi) is 5.68. The summed E-state index contributed by atoms with van der Waals surface area (Å²) in [6.45, 7) is 6.75. The van der Waals surface area contributed by atoms with Crippen LogP contribution in [0.2, 0.25) is 0 Å². The lowest BCUT2D eigenvalue weighted by Gasteiger charge is -2.35. The summed E-state index contributed by atoms with van der Waals surface area (Å²) < 4.78 is 16.9. The molecule has 0 aromatic heterocycles. The van der Waals surface area contributed by atoms with Crippen molar-refractivity contribution in [1.29, 1.82) is 0 Å². The molecule has 1 atom stereocenters. The second-order valence-electron chi connectivity index (χ2n) is 7.01. The number of Topliss-reactive ketones (excluding diaryl/α,β-unsaturated/α-hetero) is 1. The first-order valence-electron chi connectivity index (χ1n) is 9.01. The van der Waals surface area contributed by atoms with Gasteiger partial charge in [0.25, 0.3) is 0 Å². The second kappa shape index (κ2) is 7.98.